The Morgan fingerprint density at radius 3 is 2.31 bits per heavy atom. The summed E-state index contributed by atoms with van der Waals surface area (Å²) in [5, 5.41) is 5.00. The molecule has 0 aromatic carbocycles. The van der Waals surface area contributed by atoms with E-state index in [1.807, 2.05) is 13.8 Å². The highest BCUT2D eigenvalue weighted by atomic mass is 28.4. The lowest BCUT2D eigenvalue weighted by Crippen LogP contribution is -2.60. The van der Waals surface area contributed by atoms with Crippen molar-refractivity contribution in [3.63, 3.8) is 0 Å². The number of esters is 1. The van der Waals surface area contributed by atoms with Crippen LogP contribution in [-0.4, -0.2) is 85.5 Å². The predicted octanol–water partition coefficient (Wildman–Crippen LogP) is 3.92. The predicted molar refractivity (Wildman–Crippen MR) is 135 cm³/mol. The van der Waals surface area contributed by atoms with Crippen LogP contribution in [0, 0.1) is 5.92 Å². The highest BCUT2D eigenvalue weighted by Crippen LogP contribution is 2.39. The second-order valence-corrected chi connectivity index (χ2v) is 16.8. The van der Waals surface area contributed by atoms with Crippen LogP contribution in [0.2, 0.25) is 18.1 Å². The fraction of sp³-hybridized carbons (Fsp3) is 0.792. The Labute approximate surface area is 214 Å². The molecule has 204 valence electrons. The van der Waals surface area contributed by atoms with Gasteiger partial charge in [-0.2, -0.15) is 10.0 Å². The fourth-order valence-corrected chi connectivity index (χ4v) is 4.65. The van der Waals surface area contributed by atoms with Crippen LogP contribution in [0.3, 0.4) is 0 Å². The number of hydrazone groups is 1. The molecule has 3 amide bonds. The van der Waals surface area contributed by atoms with Gasteiger partial charge in [0.1, 0.15) is 12.2 Å². The second kappa shape index (κ2) is 10.9. The van der Waals surface area contributed by atoms with E-state index in [1.165, 1.54) is 6.21 Å². The van der Waals surface area contributed by atoms with Crippen molar-refractivity contribution < 1.29 is 37.8 Å². The van der Waals surface area contributed by atoms with Crippen molar-refractivity contribution >= 4 is 38.6 Å². The van der Waals surface area contributed by atoms with Crippen molar-refractivity contribution in [1.82, 2.24) is 9.91 Å². The van der Waals surface area contributed by atoms with Gasteiger partial charge in [-0.15, -0.1) is 0 Å². The first-order valence-electron chi connectivity index (χ1n) is 12.2. The summed E-state index contributed by atoms with van der Waals surface area (Å²) >= 11 is 0. The minimum absolute atomic E-state index is 0.0773. The van der Waals surface area contributed by atoms with Crippen LogP contribution >= 0.6 is 0 Å². The summed E-state index contributed by atoms with van der Waals surface area (Å²) in [6.45, 7) is 18.8. The van der Waals surface area contributed by atoms with Crippen LogP contribution in [0.15, 0.2) is 5.10 Å². The summed E-state index contributed by atoms with van der Waals surface area (Å²) in [5.74, 6) is -1.35. The lowest BCUT2D eigenvalue weighted by atomic mass is 10.1. The van der Waals surface area contributed by atoms with E-state index < -0.39 is 56.2 Å². The van der Waals surface area contributed by atoms with Gasteiger partial charge in [-0.3, -0.25) is 4.79 Å². The molecule has 11 nitrogen and oxygen atoms in total. The minimum atomic E-state index is -2.36. The molecule has 0 aromatic rings. The largest absolute Gasteiger partial charge is 0.464 e. The van der Waals surface area contributed by atoms with Crippen LogP contribution < -0.4 is 0 Å². The standard InChI is InChI=1S/C24H41N3O8Si/c1-15(2)13-32-20(29)18-17(35-36(9,10)24(6,7)8)11-12-25-27(18)19(28)16-14-33-21(30)26(16)22(31)34-23(3,4)5/h12,15-18H,11,13-14H2,1-10H3/t16-,17+,18+/m1/s1. The van der Waals surface area contributed by atoms with Crippen molar-refractivity contribution in [2.24, 2.45) is 11.0 Å². The summed E-state index contributed by atoms with van der Waals surface area (Å²) in [6, 6.07) is -2.54. The molecule has 2 rings (SSSR count). The zero-order valence-electron chi connectivity index (χ0n) is 23.1. The van der Waals surface area contributed by atoms with Crippen LogP contribution in [0.1, 0.15) is 61.8 Å². The van der Waals surface area contributed by atoms with Crippen LogP contribution in [-0.2, 0) is 28.2 Å². The van der Waals surface area contributed by atoms with Gasteiger partial charge in [0.15, 0.2) is 20.4 Å². The lowest BCUT2D eigenvalue weighted by Gasteiger charge is -2.43. The molecule has 0 aromatic heterocycles. The number of rotatable bonds is 6. The monoisotopic (exact) mass is 527 g/mol. The quantitative estimate of drug-likeness (QED) is 0.289. The number of amides is 3. The normalized spacial score (nSPS) is 23.1. The highest BCUT2D eigenvalue weighted by molar-refractivity contribution is 6.74. The first-order valence-corrected chi connectivity index (χ1v) is 15.2. The zero-order valence-corrected chi connectivity index (χ0v) is 24.1. The maximum absolute atomic E-state index is 13.7. The molecule has 0 bridgehead atoms. The number of hydrogen-bond donors (Lipinski definition) is 0. The van der Waals surface area contributed by atoms with Crippen molar-refractivity contribution in [3.8, 4) is 0 Å². The van der Waals surface area contributed by atoms with Gasteiger partial charge in [0.05, 0.1) is 12.7 Å². The maximum Gasteiger partial charge on any atom is 0.420 e. The Balaban J connectivity index is 2.40. The van der Waals surface area contributed by atoms with E-state index in [4.69, 9.17) is 18.6 Å². The van der Waals surface area contributed by atoms with E-state index in [9.17, 15) is 19.2 Å². The van der Waals surface area contributed by atoms with Crippen LogP contribution in [0.25, 0.3) is 0 Å². The van der Waals surface area contributed by atoms with Gasteiger partial charge >= 0.3 is 18.2 Å². The Bertz CT molecular complexity index is 891. The van der Waals surface area contributed by atoms with E-state index in [0.29, 0.717) is 11.3 Å². The van der Waals surface area contributed by atoms with Gasteiger partial charge in [-0.1, -0.05) is 34.6 Å². The smallest absolute Gasteiger partial charge is 0.420 e. The lowest BCUT2D eigenvalue weighted by molar-refractivity contribution is -0.162. The third-order valence-electron chi connectivity index (χ3n) is 6.19. The van der Waals surface area contributed by atoms with Gasteiger partial charge in [-0.05, 0) is 44.8 Å². The molecule has 2 aliphatic heterocycles. The van der Waals surface area contributed by atoms with Crippen molar-refractivity contribution in [3.05, 3.63) is 0 Å². The van der Waals surface area contributed by atoms with E-state index in [-0.39, 0.29) is 24.2 Å². The molecule has 0 N–H and O–H groups in total. The molecule has 1 saturated heterocycles. The van der Waals surface area contributed by atoms with Crippen molar-refractivity contribution in [1.29, 1.82) is 0 Å². The highest BCUT2D eigenvalue weighted by Gasteiger charge is 2.52. The number of imide groups is 1. The fourth-order valence-electron chi connectivity index (χ4n) is 3.31. The Kier molecular flexibility index (Phi) is 8.99. The molecular weight excluding hydrogens is 486 g/mol. The van der Waals surface area contributed by atoms with Crippen molar-refractivity contribution in [2.45, 2.75) is 104 Å². The molecule has 36 heavy (non-hydrogen) atoms. The number of carbonyl (C=O) groups excluding carboxylic acids is 4. The Morgan fingerprint density at radius 2 is 1.78 bits per heavy atom. The third-order valence-corrected chi connectivity index (χ3v) is 10.7. The topological polar surface area (TPSA) is 124 Å². The number of hydrogen-bond acceptors (Lipinski definition) is 9. The molecule has 0 radical (unpaired) electrons. The number of carbonyl (C=O) groups is 4. The average molecular weight is 528 g/mol. The molecule has 12 heteroatoms. The number of cyclic esters (lactones) is 1. The van der Waals surface area contributed by atoms with Gasteiger partial charge in [0.2, 0.25) is 0 Å². The van der Waals surface area contributed by atoms with E-state index >= 15 is 0 Å². The average Bonchev–Trinajstić information content (AvgIpc) is 3.10. The molecule has 2 heterocycles. The molecule has 0 saturated carbocycles. The maximum atomic E-state index is 13.7. The van der Waals surface area contributed by atoms with E-state index in [1.54, 1.807) is 20.8 Å². The Hall–Kier alpha value is -2.47. The molecule has 0 unspecified atom stereocenters. The molecule has 0 spiro atoms. The number of nitrogens with zero attached hydrogens (tertiary/aromatic N) is 3. The second-order valence-electron chi connectivity index (χ2n) is 12.0. The van der Waals surface area contributed by atoms with Gasteiger partial charge in [0, 0.05) is 12.6 Å². The first-order chi connectivity index (χ1) is 16.4. The summed E-state index contributed by atoms with van der Waals surface area (Å²) < 4.78 is 22.3. The summed E-state index contributed by atoms with van der Waals surface area (Å²) in [4.78, 5) is 52.6. The van der Waals surface area contributed by atoms with Crippen LogP contribution in [0.4, 0.5) is 9.59 Å². The summed E-state index contributed by atoms with van der Waals surface area (Å²) in [5.41, 5.74) is -0.901. The molecular formula is C24H41N3O8Si. The minimum Gasteiger partial charge on any atom is -0.464 e. The number of ether oxygens (including phenoxy) is 3. The zero-order chi connectivity index (χ0) is 27.6. The SMILES string of the molecule is CC(C)COC(=O)[C@@H]1[C@@H](O[Si](C)(C)C(C)(C)C)CC=NN1C(=O)[C@H]1COC(=O)N1C(=O)OC(C)(C)C. The molecule has 0 aliphatic carbocycles. The summed E-state index contributed by atoms with van der Waals surface area (Å²) in [7, 11) is -2.36. The first kappa shape index (κ1) is 29.8. The third kappa shape index (κ3) is 7.06. The van der Waals surface area contributed by atoms with E-state index in [0.717, 1.165) is 5.01 Å². The van der Waals surface area contributed by atoms with Crippen LogP contribution in [0.5, 0.6) is 0 Å². The van der Waals surface area contributed by atoms with E-state index in [2.05, 4.69) is 39.0 Å². The van der Waals surface area contributed by atoms with Gasteiger partial charge in [0.25, 0.3) is 5.91 Å². The molecule has 3 atom stereocenters. The van der Waals surface area contributed by atoms with Gasteiger partial charge in [-0.25, -0.2) is 19.4 Å². The molecule has 2 aliphatic rings. The molecule has 1 fully saturated rings. The summed E-state index contributed by atoms with van der Waals surface area (Å²) in [6.07, 6.45) is -0.931. The van der Waals surface area contributed by atoms with Gasteiger partial charge < -0.3 is 18.6 Å². The van der Waals surface area contributed by atoms with Crippen molar-refractivity contribution in [2.75, 3.05) is 13.2 Å². The Morgan fingerprint density at radius 1 is 1.17 bits per heavy atom.